The normalized spacial score (nSPS) is 15.0. The highest BCUT2D eigenvalue weighted by atomic mass is 19.1. The number of carbonyl (C=O) groups excluding carboxylic acids is 2. The first kappa shape index (κ1) is 34.6. The number of amides is 2. The van der Waals surface area contributed by atoms with Gasteiger partial charge in [0.1, 0.15) is 11.4 Å². The summed E-state index contributed by atoms with van der Waals surface area (Å²) in [5.41, 5.74) is 2.31. The van der Waals surface area contributed by atoms with E-state index in [0.29, 0.717) is 48.5 Å². The Morgan fingerprint density at radius 3 is 2.17 bits per heavy atom. The van der Waals surface area contributed by atoms with E-state index in [1.807, 2.05) is 82.6 Å². The molecule has 1 aliphatic rings. The second-order valence-electron chi connectivity index (χ2n) is 14.0. The molecular weight excluding hydrogens is 616 g/mol. The molecule has 1 saturated heterocycles. The Balaban J connectivity index is 1.53. The first-order chi connectivity index (χ1) is 22.7. The fourth-order valence-corrected chi connectivity index (χ4v) is 5.62. The van der Waals surface area contributed by atoms with Gasteiger partial charge in [-0.05, 0) is 83.4 Å². The monoisotopic (exact) mass is 659 g/mol. The highest BCUT2D eigenvalue weighted by Crippen LogP contribution is 2.36. The van der Waals surface area contributed by atoms with Gasteiger partial charge in [-0.3, -0.25) is 4.79 Å². The van der Waals surface area contributed by atoms with Crippen LogP contribution in [0.25, 0.3) is 11.1 Å². The lowest BCUT2D eigenvalue weighted by Gasteiger charge is -2.25. The first-order valence-corrected chi connectivity index (χ1v) is 16.1. The third kappa shape index (κ3) is 8.60. The lowest BCUT2D eigenvalue weighted by molar-refractivity contribution is 0.0288. The number of carbonyl (C=O) groups is 2. The molecule has 2 heterocycles. The first-order valence-electron chi connectivity index (χ1n) is 16.1. The van der Waals surface area contributed by atoms with Crippen LogP contribution < -0.4 is 10.1 Å². The number of nitrogens with one attached hydrogen (secondary N) is 1. The molecule has 1 aliphatic heterocycles. The molecule has 0 unspecified atom stereocenters. The van der Waals surface area contributed by atoms with Crippen molar-refractivity contribution in [1.29, 1.82) is 0 Å². The predicted molar refractivity (Wildman–Crippen MR) is 180 cm³/mol. The number of para-hydroxylation sites is 1. The van der Waals surface area contributed by atoms with Crippen molar-refractivity contribution in [2.24, 2.45) is 0 Å². The number of rotatable bonds is 9. The molecule has 0 radical (unpaired) electrons. The SMILES string of the molecule is CC(C)(C)NC(=O)c1c(-c2ccc(Oc3c(F)cccc3F)cc2)cn([C@@H]2CCN(C(=O)OC(C)(C)C)C2)c1COCc1ccccc1. The maximum absolute atomic E-state index is 14.3. The highest BCUT2D eigenvalue weighted by Gasteiger charge is 2.34. The van der Waals surface area contributed by atoms with E-state index >= 15 is 0 Å². The molecule has 48 heavy (non-hydrogen) atoms. The van der Waals surface area contributed by atoms with Crippen LogP contribution in [0.5, 0.6) is 11.5 Å². The van der Waals surface area contributed by atoms with Gasteiger partial charge in [0, 0.05) is 30.4 Å². The number of likely N-dealkylation sites (tertiary alicyclic amines) is 1. The third-order valence-corrected chi connectivity index (χ3v) is 7.72. The van der Waals surface area contributed by atoms with Gasteiger partial charge < -0.3 is 29.0 Å². The van der Waals surface area contributed by atoms with Gasteiger partial charge in [0.15, 0.2) is 17.4 Å². The molecule has 1 aromatic heterocycles. The Hall–Kier alpha value is -4.70. The molecule has 0 aliphatic carbocycles. The predicted octanol–water partition coefficient (Wildman–Crippen LogP) is 8.65. The quantitative estimate of drug-likeness (QED) is 0.195. The van der Waals surface area contributed by atoms with E-state index < -0.39 is 28.5 Å². The zero-order valence-corrected chi connectivity index (χ0v) is 28.3. The van der Waals surface area contributed by atoms with E-state index in [4.69, 9.17) is 14.2 Å². The number of hydrogen-bond acceptors (Lipinski definition) is 5. The van der Waals surface area contributed by atoms with Crippen molar-refractivity contribution in [3.8, 4) is 22.6 Å². The van der Waals surface area contributed by atoms with Gasteiger partial charge in [-0.25, -0.2) is 13.6 Å². The molecule has 3 aromatic carbocycles. The molecule has 10 heteroatoms. The molecule has 1 N–H and O–H groups in total. The largest absolute Gasteiger partial charge is 0.451 e. The van der Waals surface area contributed by atoms with Crippen LogP contribution in [0.4, 0.5) is 13.6 Å². The van der Waals surface area contributed by atoms with Crippen molar-refractivity contribution >= 4 is 12.0 Å². The van der Waals surface area contributed by atoms with Crippen LogP contribution in [0, 0.1) is 11.6 Å². The van der Waals surface area contributed by atoms with Crippen molar-refractivity contribution in [2.45, 2.75) is 78.4 Å². The van der Waals surface area contributed by atoms with Gasteiger partial charge >= 0.3 is 6.09 Å². The Morgan fingerprint density at radius 1 is 0.875 bits per heavy atom. The van der Waals surface area contributed by atoms with Gasteiger partial charge in [-0.15, -0.1) is 0 Å². The molecule has 5 rings (SSSR count). The van der Waals surface area contributed by atoms with Gasteiger partial charge in [-0.2, -0.15) is 0 Å². The molecule has 1 fully saturated rings. The molecule has 0 spiro atoms. The maximum Gasteiger partial charge on any atom is 0.410 e. The lowest BCUT2D eigenvalue weighted by Crippen LogP contribution is -2.41. The number of hydrogen-bond donors (Lipinski definition) is 1. The Bertz CT molecular complexity index is 1720. The average Bonchev–Trinajstić information content (AvgIpc) is 3.64. The van der Waals surface area contributed by atoms with Crippen molar-refractivity contribution in [1.82, 2.24) is 14.8 Å². The summed E-state index contributed by atoms with van der Waals surface area (Å²) in [5.74, 6) is -2.15. The van der Waals surface area contributed by atoms with E-state index in [1.165, 1.54) is 6.07 Å². The van der Waals surface area contributed by atoms with Crippen LogP contribution >= 0.6 is 0 Å². The Labute approximate surface area is 280 Å². The minimum absolute atomic E-state index is 0.137. The van der Waals surface area contributed by atoms with Crippen LogP contribution in [0.1, 0.15) is 75.6 Å². The number of benzene rings is 3. The van der Waals surface area contributed by atoms with Crippen LogP contribution in [-0.4, -0.2) is 45.7 Å². The van der Waals surface area contributed by atoms with Gasteiger partial charge in [0.2, 0.25) is 0 Å². The van der Waals surface area contributed by atoms with E-state index in [0.717, 1.165) is 17.7 Å². The lowest BCUT2D eigenvalue weighted by atomic mass is 10.0. The van der Waals surface area contributed by atoms with Crippen LogP contribution in [0.2, 0.25) is 0 Å². The second kappa shape index (κ2) is 14.2. The Kier molecular flexibility index (Phi) is 10.2. The van der Waals surface area contributed by atoms with Crippen LogP contribution in [0.3, 0.4) is 0 Å². The van der Waals surface area contributed by atoms with Crippen molar-refractivity contribution in [3.05, 3.63) is 107 Å². The molecule has 0 bridgehead atoms. The minimum atomic E-state index is -0.811. The number of ether oxygens (including phenoxy) is 3. The summed E-state index contributed by atoms with van der Waals surface area (Å²) >= 11 is 0. The third-order valence-electron chi connectivity index (χ3n) is 7.72. The van der Waals surface area contributed by atoms with Crippen LogP contribution in [0.15, 0.2) is 79.0 Å². The molecule has 8 nitrogen and oxygen atoms in total. The summed E-state index contributed by atoms with van der Waals surface area (Å²) in [4.78, 5) is 28.7. The van der Waals surface area contributed by atoms with Gasteiger partial charge in [0.05, 0.1) is 30.5 Å². The van der Waals surface area contributed by atoms with Gasteiger partial charge in [0.25, 0.3) is 5.91 Å². The zero-order chi connectivity index (χ0) is 34.6. The fraction of sp³-hybridized carbons (Fsp3) is 0.368. The summed E-state index contributed by atoms with van der Waals surface area (Å²) in [7, 11) is 0. The average molecular weight is 660 g/mol. The molecule has 2 amide bonds. The topological polar surface area (TPSA) is 82.0 Å². The zero-order valence-electron chi connectivity index (χ0n) is 28.3. The van der Waals surface area contributed by atoms with Crippen molar-refractivity contribution in [3.63, 3.8) is 0 Å². The van der Waals surface area contributed by atoms with E-state index in [9.17, 15) is 18.4 Å². The fourth-order valence-electron chi connectivity index (χ4n) is 5.62. The second-order valence-corrected chi connectivity index (χ2v) is 14.0. The summed E-state index contributed by atoms with van der Waals surface area (Å²) < 4.78 is 48.0. The molecule has 0 saturated carbocycles. The Morgan fingerprint density at radius 2 is 1.54 bits per heavy atom. The van der Waals surface area contributed by atoms with Gasteiger partial charge in [-0.1, -0.05) is 48.5 Å². The molecular formula is C38H43F2N3O5. The molecule has 4 aromatic rings. The highest BCUT2D eigenvalue weighted by molar-refractivity contribution is 6.02. The number of aromatic nitrogens is 1. The summed E-state index contributed by atoms with van der Waals surface area (Å²) in [6.45, 7) is 12.6. The van der Waals surface area contributed by atoms with E-state index in [-0.39, 0.29) is 30.4 Å². The number of nitrogens with zero attached hydrogens (tertiary/aromatic N) is 2. The molecule has 1 atom stereocenters. The summed E-state index contributed by atoms with van der Waals surface area (Å²) in [6, 6.07) is 19.9. The summed E-state index contributed by atoms with van der Waals surface area (Å²) in [6.07, 6.45) is 2.20. The number of halogens is 2. The maximum atomic E-state index is 14.3. The molecule has 254 valence electrons. The smallest absolute Gasteiger partial charge is 0.410 e. The summed E-state index contributed by atoms with van der Waals surface area (Å²) in [5, 5.41) is 3.11. The van der Waals surface area contributed by atoms with Crippen molar-refractivity contribution < 1.29 is 32.6 Å². The standard InChI is InChI=1S/C38H43F2N3O5/c1-37(2,3)41-35(44)33-29(26-15-17-28(18-16-26)47-34-30(39)13-10-14-31(34)40)22-43(32(33)24-46-23-25-11-8-7-9-12-25)27-19-20-42(21-27)36(45)48-38(4,5)6/h7-18,22,27H,19-21,23-24H2,1-6H3,(H,41,44)/t27-/m1/s1. The minimum Gasteiger partial charge on any atom is -0.451 e. The van der Waals surface area contributed by atoms with E-state index in [2.05, 4.69) is 5.32 Å². The van der Waals surface area contributed by atoms with Crippen LogP contribution in [-0.2, 0) is 22.7 Å². The van der Waals surface area contributed by atoms with Crippen molar-refractivity contribution in [2.75, 3.05) is 13.1 Å². The van der Waals surface area contributed by atoms with E-state index in [1.54, 1.807) is 29.2 Å².